The van der Waals surface area contributed by atoms with Crippen LogP contribution in [0.1, 0.15) is 38.8 Å². The highest BCUT2D eigenvalue weighted by molar-refractivity contribution is 5.98. The van der Waals surface area contributed by atoms with Crippen LogP contribution in [0.3, 0.4) is 0 Å². The number of fused-ring (bicyclic) bond motifs is 1. The molecule has 2 heterocycles. The smallest absolute Gasteiger partial charge is 0.416 e. The van der Waals surface area contributed by atoms with E-state index in [1.165, 1.54) is 13.2 Å². The lowest BCUT2D eigenvalue weighted by Gasteiger charge is -2.29. The molecule has 1 aliphatic heterocycles. The van der Waals surface area contributed by atoms with Crippen LogP contribution in [0.5, 0.6) is 11.6 Å². The standard InChI is InChI=1S/C24H19F5N2O3/c1-13-4-3-5-21(30-13)34-12-20(22-18(25)9-16(33-2)10-19(22)26)31-11-14-6-7-15(24(27,28)29)8-17(14)23(31)32/h3-10,20H,11-12H2,1-2H3. The second kappa shape index (κ2) is 8.92. The van der Waals surface area contributed by atoms with E-state index in [9.17, 15) is 26.7 Å². The van der Waals surface area contributed by atoms with Crippen LogP contribution in [0, 0.1) is 18.6 Å². The van der Waals surface area contributed by atoms with Gasteiger partial charge in [-0.2, -0.15) is 13.2 Å². The number of alkyl halides is 3. The number of benzene rings is 2. The summed E-state index contributed by atoms with van der Waals surface area (Å²) in [6.45, 7) is 1.20. The van der Waals surface area contributed by atoms with Gasteiger partial charge in [0, 0.05) is 41.6 Å². The van der Waals surface area contributed by atoms with Gasteiger partial charge in [-0.05, 0) is 30.7 Å². The quantitative estimate of drug-likeness (QED) is 0.441. The van der Waals surface area contributed by atoms with Gasteiger partial charge in [0.05, 0.1) is 18.7 Å². The van der Waals surface area contributed by atoms with Crippen LogP contribution in [0.2, 0.25) is 0 Å². The van der Waals surface area contributed by atoms with Crippen molar-refractivity contribution in [2.24, 2.45) is 0 Å². The summed E-state index contributed by atoms with van der Waals surface area (Å²) in [6, 6.07) is 8.39. The maximum Gasteiger partial charge on any atom is 0.416 e. The number of halogens is 5. The first kappa shape index (κ1) is 23.5. The molecular weight excluding hydrogens is 459 g/mol. The van der Waals surface area contributed by atoms with Crippen LogP contribution < -0.4 is 9.47 Å². The first-order chi connectivity index (χ1) is 16.1. The van der Waals surface area contributed by atoms with Crippen molar-refractivity contribution >= 4 is 5.91 Å². The molecule has 0 saturated carbocycles. The fraction of sp³-hybridized carbons (Fsp3) is 0.250. The summed E-state index contributed by atoms with van der Waals surface area (Å²) in [7, 11) is 1.25. The Morgan fingerprint density at radius 2 is 1.79 bits per heavy atom. The SMILES string of the molecule is COc1cc(F)c(C(COc2cccc(C)n2)N2Cc3ccc(C(F)(F)F)cc3C2=O)c(F)c1. The van der Waals surface area contributed by atoms with Gasteiger partial charge >= 0.3 is 6.18 Å². The molecule has 0 spiro atoms. The third kappa shape index (κ3) is 4.52. The monoisotopic (exact) mass is 478 g/mol. The molecule has 0 aliphatic carbocycles. The largest absolute Gasteiger partial charge is 0.497 e. The summed E-state index contributed by atoms with van der Waals surface area (Å²) in [5.41, 5.74) is -0.681. The van der Waals surface area contributed by atoms with E-state index in [2.05, 4.69) is 4.98 Å². The zero-order chi connectivity index (χ0) is 24.6. The molecule has 10 heteroatoms. The minimum Gasteiger partial charge on any atom is -0.497 e. The molecule has 1 aromatic heterocycles. The molecule has 4 rings (SSSR count). The summed E-state index contributed by atoms with van der Waals surface area (Å²) in [4.78, 5) is 18.4. The highest BCUT2D eigenvalue weighted by atomic mass is 19.4. The minimum absolute atomic E-state index is 0.0652. The number of aromatic nitrogens is 1. The second-order valence-corrected chi connectivity index (χ2v) is 7.75. The molecule has 1 aliphatic rings. The molecule has 34 heavy (non-hydrogen) atoms. The van der Waals surface area contributed by atoms with E-state index in [0.29, 0.717) is 11.3 Å². The number of aryl methyl sites for hydroxylation is 1. The Morgan fingerprint density at radius 3 is 2.41 bits per heavy atom. The third-order valence-corrected chi connectivity index (χ3v) is 5.52. The number of amides is 1. The van der Waals surface area contributed by atoms with Crippen LogP contribution in [-0.4, -0.2) is 29.5 Å². The number of pyridine rings is 1. The fourth-order valence-corrected chi connectivity index (χ4v) is 3.84. The van der Waals surface area contributed by atoms with Crippen molar-refractivity contribution in [2.75, 3.05) is 13.7 Å². The summed E-state index contributed by atoms with van der Waals surface area (Å²) >= 11 is 0. The van der Waals surface area contributed by atoms with Gasteiger partial charge in [-0.1, -0.05) is 12.1 Å². The van der Waals surface area contributed by atoms with Gasteiger partial charge in [-0.15, -0.1) is 0 Å². The van der Waals surface area contributed by atoms with Gasteiger partial charge in [0.1, 0.15) is 24.0 Å². The fourth-order valence-electron chi connectivity index (χ4n) is 3.84. The van der Waals surface area contributed by atoms with Crippen molar-refractivity contribution in [1.82, 2.24) is 9.88 Å². The highest BCUT2D eigenvalue weighted by Gasteiger charge is 2.39. The summed E-state index contributed by atoms with van der Waals surface area (Å²) in [5, 5.41) is 0. The maximum atomic E-state index is 15.0. The van der Waals surface area contributed by atoms with Gasteiger partial charge in [0.15, 0.2) is 0 Å². The molecule has 1 atom stereocenters. The maximum absolute atomic E-state index is 15.0. The van der Waals surface area contributed by atoms with Crippen LogP contribution in [0.15, 0.2) is 48.5 Å². The highest BCUT2D eigenvalue weighted by Crippen LogP contribution is 2.38. The number of carbonyl (C=O) groups excluding carboxylic acids is 1. The van der Waals surface area contributed by atoms with Crippen LogP contribution in [0.4, 0.5) is 22.0 Å². The number of carbonyl (C=O) groups is 1. The Bertz CT molecular complexity index is 1220. The predicted octanol–water partition coefficient (Wildman–Crippen LogP) is 5.47. The van der Waals surface area contributed by atoms with E-state index < -0.39 is 40.9 Å². The first-order valence-electron chi connectivity index (χ1n) is 10.2. The molecule has 0 fully saturated rings. The lowest BCUT2D eigenvalue weighted by molar-refractivity contribution is -0.137. The van der Waals surface area contributed by atoms with E-state index in [1.54, 1.807) is 25.1 Å². The molecule has 0 radical (unpaired) electrons. The minimum atomic E-state index is -4.64. The number of nitrogens with zero attached hydrogens (tertiary/aromatic N) is 2. The van der Waals surface area contributed by atoms with Crippen LogP contribution in [0.25, 0.3) is 0 Å². The molecule has 2 aromatic carbocycles. The normalized spacial score (nSPS) is 14.2. The predicted molar refractivity (Wildman–Crippen MR) is 111 cm³/mol. The van der Waals surface area contributed by atoms with Crippen molar-refractivity contribution in [3.05, 3.63) is 88.1 Å². The lowest BCUT2D eigenvalue weighted by Crippen LogP contribution is -2.34. The molecule has 1 amide bonds. The number of methoxy groups -OCH3 is 1. The number of hydrogen-bond acceptors (Lipinski definition) is 4. The Labute approximate surface area is 191 Å². The Hall–Kier alpha value is -3.69. The van der Waals surface area contributed by atoms with Gasteiger partial charge in [0.2, 0.25) is 5.88 Å². The second-order valence-electron chi connectivity index (χ2n) is 7.75. The van der Waals surface area contributed by atoms with Gasteiger partial charge in [-0.3, -0.25) is 4.79 Å². The van der Waals surface area contributed by atoms with E-state index >= 15 is 0 Å². The molecular formula is C24H19F5N2O3. The molecule has 3 aromatic rings. The summed E-state index contributed by atoms with van der Waals surface area (Å²) < 4.78 is 80.0. The average Bonchev–Trinajstić information content (AvgIpc) is 3.10. The molecule has 0 bridgehead atoms. The van der Waals surface area contributed by atoms with Crippen molar-refractivity contribution in [1.29, 1.82) is 0 Å². The van der Waals surface area contributed by atoms with E-state index in [1.807, 2.05) is 0 Å². The zero-order valence-electron chi connectivity index (χ0n) is 18.1. The van der Waals surface area contributed by atoms with E-state index in [-0.39, 0.29) is 30.3 Å². The van der Waals surface area contributed by atoms with Crippen molar-refractivity contribution in [2.45, 2.75) is 25.7 Å². The lowest BCUT2D eigenvalue weighted by atomic mass is 10.0. The Balaban J connectivity index is 1.73. The number of hydrogen-bond donors (Lipinski definition) is 0. The summed E-state index contributed by atoms with van der Waals surface area (Å²) in [6.07, 6.45) is -4.64. The average molecular weight is 478 g/mol. The molecule has 5 nitrogen and oxygen atoms in total. The zero-order valence-corrected chi connectivity index (χ0v) is 18.1. The molecule has 1 unspecified atom stereocenters. The van der Waals surface area contributed by atoms with Crippen molar-refractivity contribution in [3.63, 3.8) is 0 Å². The first-order valence-corrected chi connectivity index (χ1v) is 10.2. The van der Waals surface area contributed by atoms with E-state index in [4.69, 9.17) is 9.47 Å². The molecule has 178 valence electrons. The van der Waals surface area contributed by atoms with E-state index in [0.717, 1.165) is 29.2 Å². The van der Waals surface area contributed by atoms with Gasteiger partial charge in [0.25, 0.3) is 5.91 Å². The van der Waals surface area contributed by atoms with Gasteiger partial charge < -0.3 is 14.4 Å². The molecule has 0 N–H and O–H groups in total. The van der Waals surface area contributed by atoms with Crippen molar-refractivity contribution in [3.8, 4) is 11.6 Å². The molecule has 0 saturated heterocycles. The third-order valence-electron chi connectivity index (χ3n) is 5.52. The van der Waals surface area contributed by atoms with Crippen LogP contribution in [-0.2, 0) is 12.7 Å². The summed E-state index contributed by atoms with van der Waals surface area (Å²) in [5.74, 6) is -2.65. The van der Waals surface area contributed by atoms with Gasteiger partial charge in [-0.25, -0.2) is 13.8 Å². The topological polar surface area (TPSA) is 51.7 Å². The number of ether oxygens (including phenoxy) is 2. The van der Waals surface area contributed by atoms with Crippen molar-refractivity contribution < 1.29 is 36.2 Å². The Kier molecular flexibility index (Phi) is 6.16. The van der Waals surface area contributed by atoms with Crippen LogP contribution >= 0.6 is 0 Å². The Morgan fingerprint density at radius 1 is 1.09 bits per heavy atom. The number of rotatable bonds is 6.